The number of nitrogens with one attached hydrogen (secondary N) is 1. The van der Waals surface area contributed by atoms with Gasteiger partial charge in [-0.25, -0.2) is 9.59 Å². The number of ether oxygens (including phenoxy) is 2. The second kappa shape index (κ2) is 10.4. The van der Waals surface area contributed by atoms with E-state index in [0.29, 0.717) is 25.8 Å². The molecule has 0 bridgehead atoms. The van der Waals surface area contributed by atoms with Crippen molar-refractivity contribution < 1.29 is 28.7 Å². The van der Waals surface area contributed by atoms with Crippen LogP contribution in [0.25, 0.3) is 0 Å². The number of nitrogens with zero attached hydrogens (tertiary/aromatic N) is 1. The molecular formula is C25H34N2O6. The summed E-state index contributed by atoms with van der Waals surface area (Å²) in [6.45, 7) is 5.66. The number of amides is 2. The van der Waals surface area contributed by atoms with Crippen LogP contribution in [0, 0.1) is 5.92 Å². The van der Waals surface area contributed by atoms with Crippen LogP contribution in [-0.2, 0) is 23.9 Å². The Labute approximate surface area is 195 Å². The first-order valence-electron chi connectivity index (χ1n) is 11.5. The van der Waals surface area contributed by atoms with Crippen LogP contribution in [0.2, 0.25) is 0 Å². The molecule has 2 amide bonds. The van der Waals surface area contributed by atoms with Crippen molar-refractivity contribution in [1.82, 2.24) is 10.2 Å². The van der Waals surface area contributed by atoms with Crippen LogP contribution < -0.4 is 5.32 Å². The molecule has 8 heteroatoms. The van der Waals surface area contributed by atoms with Crippen LogP contribution in [0.1, 0.15) is 64.4 Å². The lowest BCUT2D eigenvalue weighted by molar-refractivity contribution is -0.146. The van der Waals surface area contributed by atoms with Gasteiger partial charge in [-0.3, -0.25) is 14.5 Å². The molecule has 1 aliphatic heterocycles. The van der Waals surface area contributed by atoms with Gasteiger partial charge in [-0.2, -0.15) is 0 Å². The first kappa shape index (κ1) is 24.7. The van der Waals surface area contributed by atoms with Gasteiger partial charge in [-0.1, -0.05) is 30.3 Å². The third-order valence-electron chi connectivity index (χ3n) is 6.26. The summed E-state index contributed by atoms with van der Waals surface area (Å²) in [4.78, 5) is 52.2. The third-order valence-corrected chi connectivity index (χ3v) is 6.26. The fourth-order valence-electron chi connectivity index (χ4n) is 4.62. The van der Waals surface area contributed by atoms with Crippen molar-refractivity contribution in [1.29, 1.82) is 0 Å². The zero-order valence-electron chi connectivity index (χ0n) is 19.8. The number of hydrogen-bond donors (Lipinski definition) is 1. The molecule has 1 heterocycles. The number of carbonyl (C=O) groups excluding carboxylic acids is 4. The number of carbonyl (C=O) groups is 4. The maximum Gasteiger partial charge on any atom is 0.410 e. The minimum atomic E-state index is -0.939. The molecule has 1 saturated heterocycles. The minimum absolute atomic E-state index is 0.0394. The molecule has 0 radical (unpaired) electrons. The molecule has 8 nitrogen and oxygen atoms in total. The van der Waals surface area contributed by atoms with E-state index in [-0.39, 0.29) is 24.0 Å². The fourth-order valence-corrected chi connectivity index (χ4v) is 4.62. The highest BCUT2D eigenvalue weighted by Gasteiger charge is 2.43. The van der Waals surface area contributed by atoms with Crippen LogP contribution in [0.4, 0.5) is 4.79 Å². The zero-order valence-corrected chi connectivity index (χ0v) is 19.8. The predicted molar refractivity (Wildman–Crippen MR) is 121 cm³/mol. The summed E-state index contributed by atoms with van der Waals surface area (Å²) in [5, 5.41) is 2.76. The van der Waals surface area contributed by atoms with E-state index in [1.807, 2.05) is 30.3 Å². The van der Waals surface area contributed by atoms with Crippen molar-refractivity contribution in [3.8, 4) is 0 Å². The quantitative estimate of drug-likeness (QED) is 0.657. The molecule has 0 spiro atoms. The van der Waals surface area contributed by atoms with Crippen molar-refractivity contribution in [2.24, 2.45) is 5.92 Å². The number of benzene rings is 1. The van der Waals surface area contributed by atoms with Gasteiger partial charge in [0.15, 0.2) is 0 Å². The van der Waals surface area contributed by atoms with E-state index in [1.165, 1.54) is 12.0 Å². The van der Waals surface area contributed by atoms with Gasteiger partial charge in [0.05, 0.1) is 7.11 Å². The standard InChI is InChI=1S/C25H34N2O6/c1-25(2,3)33-24(31)27-15-18(16-9-6-5-7-10-16)14-20(27)22(29)26-19(23(30)32-4)13-17-11-8-12-21(17)28/h5-7,9-10,17-20H,8,11-15H2,1-4H3,(H,26,29)/t17-,18+,19-,20-/m0/s1. The van der Waals surface area contributed by atoms with Gasteiger partial charge in [0.25, 0.3) is 0 Å². The summed E-state index contributed by atoms with van der Waals surface area (Å²) < 4.78 is 10.4. The molecule has 1 N–H and O–H groups in total. The van der Waals surface area contributed by atoms with E-state index in [2.05, 4.69) is 5.32 Å². The van der Waals surface area contributed by atoms with E-state index in [9.17, 15) is 19.2 Å². The Morgan fingerprint density at radius 2 is 1.88 bits per heavy atom. The molecule has 3 rings (SSSR count). The summed E-state index contributed by atoms with van der Waals surface area (Å²) in [5.74, 6) is -1.23. The lowest BCUT2D eigenvalue weighted by atomic mass is 9.95. The van der Waals surface area contributed by atoms with Gasteiger partial charge in [0.2, 0.25) is 5.91 Å². The molecule has 1 saturated carbocycles. The summed E-state index contributed by atoms with van der Waals surface area (Å²) in [6, 6.07) is 7.98. The first-order chi connectivity index (χ1) is 15.6. The second-order valence-corrected chi connectivity index (χ2v) is 9.87. The Bertz CT molecular complexity index is 879. The average molecular weight is 459 g/mol. The van der Waals surface area contributed by atoms with Gasteiger partial charge >= 0.3 is 12.1 Å². The Morgan fingerprint density at radius 3 is 2.45 bits per heavy atom. The van der Waals surface area contributed by atoms with Gasteiger partial charge in [-0.15, -0.1) is 0 Å². The summed E-state index contributed by atoms with van der Waals surface area (Å²) >= 11 is 0. The number of rotatable bonds is 6. The van der Waals surface area contributed by atoms with Gasteiger partial charge in [0, 0.05) is 24.8 Å². The summed E-state index contributed by atoms with van der Waals surface area (Å²) in [7, 11) is 1.26. The predicted octanol–water partition coefficient (Wildman–Crippen LogP) is 3.20. The van der Waals surface area contributed by atoms with Crippen LogP contribution in [0.5, 0.6) is 0 Å². The van der Waals surface area contributed by atoms with E-state index < -0.39 is 35.7 Å². The smallest absolute Gasteiger partial charge is 0.410 e. The lowest BCUT2D eigenvalue weighted by Crippen LogP contribution is -2.52. The Balaban J connectivity index is 1.78. The fraction of sp³-hybridized carbons (Fsp3) is 0.600. The molecule has 0 aromatic heterocycles. The molecule has 1 aromatic rings. The largest absolute Gasteiger partial charge is 0.467 e. The molecular weight excluding hydrogens is 424 g/mol. The molecule has 2 fully saturated rings. The lowest BCUT2D eigenvalue weighted by Gasteiger charge is -2.29. The van der Waals surface area contributed by atoms with E-state index in [0.717, 1.165) is 12.0 Å². The van der Waals surface area contributed by atoms with E-state index in [4.69, 9.17) is 9.47 Å². The number of esters is 1. The Hall–Kier alpha value is -2.90. The molecule has 1 aliphatic carbocycles. The van der Waals surface area contributed by atoms with Crippen LogP contribution >= 0.6 is 0 Å². The number of hydrogen-bond acceptors (Lipinski definition) is 6. The van der Waals surface area contributed by atoms with Crippen molar-refractivity contribution in [3.05, 3.63) is 35.9 Å². The normalized spacial score (nSPS) is 23.8. The van der Waals surface area contributed by atoms with E-state index >= 15 is 0 Å². The number of ketones is 1. The molecule has 33 heavy (non-hydrogen) atoms. The van der Waals surface area contributed by atoms with Crippen LogP contribution in [0.3, 0.4) is 0 Å². The highest BCUT2D eigenvalue weighted by Crippen LogP contribution is 2.33. The van der Waals surface area contributed by atoms with Gasteiger partial charge in [-0.05, 0) is 52.0 Å². The van der Waals surface area contributed by atoms with Crippen molar-refractivity contribution in [2.75, 3.05) is 13.7 Å². The SMILES string of the molecule is COC(=O)[C@H](C[C@@H]1CCCC1=O)NC(=O)[C@@H]1C[C@@H](c2ccccc2)CN1C(=O)OC(C)(C)C. The summed E-state index contributed by atoms with van der Waals surface area (Å²) in [5.41, 5.74) is 0.322. The maximum atomic E-state index is 13.3. The van der Waals surface area contributed by atoms with E-state index in [1.54, 1.807) is 20.8 Å². The highest BCUT2D eigenvalue weighted by atomic mass is 16.6. The molecule has 4 atom stereocenters. The minimum Gasteiger partial charge on any atom is -0.467 e. The molecule has 2 aliphatic rings. The summed E-state index contributed by atoms with van der Waals surface area (Å²) in [6.07, 6.45) is 2.04. The molecule has 1 aromatic carbocycles. The van der Waals surface area contributed by atoms with Gasteiger partial charge in [0.1, 0.15) is 23.5 Å². The van der Waals surface area contributed by atoms with Crippen LogP contribution in [-0.4, -0.2) is 60.0 Å². The first-order valence-corrected chi connectivity index (χ1v) is 11.5. The van der Waals surface area contributed by atoms with Gasteiger partial charge < -0.3 is 14.8 Å². The Morgan fingerprint density at radius 1 is 1.18 bits per heavy atom. The van der Waals surface area contributed by atoms with Crippen molar-refractivity contribution in [3.63, 3.8) is 0 Å². The Kier molecular flexibility index (Phi) is 7.76. The monoisotopic (exact) mass is 458 g/mol. The second-order valence-electron chi connectivity index (χ2n) is 9.87. The van der Waals surface area contributed by atoms with Crippen molar-refractivity contribution >= 4 is 23.8 Å². The number of methoxy groups -OCH3 is 1. The number of Topliss-reactive ketones (excluding diaryl/α,β-unsaturated/α-hetero) is 1. The highest BCUT2D eigenvalue weighted by molar-refractivity contribution is 5.91. The maximum absolute atomic E-state index is 13.3. The van der Waals surface area contributed by atoms with Crippen LogP contribution in [0.15, 0.2) is 30.3 Å². The average Bonchev–Trinajstić information content (AvgIpc) is 3.39. The third kappa shape index (κ3) is 6.33. The topological polar surface area (TPSA) is 102 Å². The zero-order chi connectivity index (χ0) is 24.2. The molecule has 0 unspecified atom stereocenters. The number of likely N-dealkylation sites (tertiary alicyclic amines) is 1. The molecule has 180 valence electrons. The van der Waals surface area contributed by atoms with Crippen molar-refractivity contribution in [2.45, 2.75) is 76.5 Å².